The van der Waals surface area contributed by atoms with Crippen LogP contribution in [0.3, 0.4) is 0 Å². The van der Waals surface area contributed by atoms with E-state index in [9.17, 15) is 0 Å². The third-order valence-corrected chi connectivity index (χ3v) is 4.31. The third kappa shape index (κ3) is 2.86. The van der Waals surface area contributed by atoms with Gasteiger partial charge in [-0.15, -0.1) is 11.3 Å². The second-order valence-electron chi connectivity index (χ2n) is 4.00. The Bertz CT molecular complexity index is 540. The zero-order valence-corrected chi connectivity index (χ0v) is 12.5. The Balaban J connectivity index is 2.46. The van der Waals surface area contributed by atoms with Crippen LogP contribution in [0.4, 0.5) is 0 Å². The van der Waals surface area contributed by atoms with Crippen LogP contribution in [0.1, 0.15) is 29.7 Å². The number of thiophene rings is 1. The predicted molar refractivity (Wildman–Crippen MR) is 78.8 cm³/mol. The van der Waals surface area contributed by atoms with E-state index in [-0.39, 0.29) is 6.04 Å². The number of aryl methyl sites for hydroxylation is 1. The van der Waals surface area contributed by atoms with Gasteiger partial charge in [0.2, 0.25) is 0 Å². The molecule has 2 aromatic heterocycles. The van der Waals surface area contributed by atoms with Crippen LogP contribution >= 0.6 is 34.5 Å². The number of aromatic nitrogens is 1. The summed E-state index contributed by atoms with van der Waals surface area (Å²) in [6, 6.07) is 3.97. The van der Waals surface area contributed by atoms with Gasteiger partial charge in [-0.05, 0) is 36.7 Å². The number of hydrogen-bond donors (Lipinski definition) is 1. The molecular formula is C13H14Cl2N2S. The SMILES string of the molecule is CCNC(c1cnccc1C)c1cc(Cl)sc1Cl. The van der Waals surface area contributed by atoms with Crippen LogP contribution < -0.4 is 5.32 Å². The Morgan fingerprint density at radius 3 is 2.72 bits per heavy atom. The van der Waals surface area contributed by atoms with Crippen molar-refractivity contribution < 1.29 is 0 Å². The smallest absolute Gasteiger partial charge is 0.0995 e. The summed E-state index contributed by atoms with van der Waals surface area (Å²) in [5.74, 6) is 0. The molecule has 96 valence electrons. The molecule has 1 N–H and O–H groups in total. The largest absolute Gasteiger partial charge is 0.306 e. The average molecular weight is 301 g/mol. The predicted octanol–water partition coefficient (Wildman–Crippen LogP) is 4.46. The van der Waals surface area contributed by atoms with E-state index in [2.05, 4.69) is 24.1 Å². The lowest BCUT2D eigenvalue weighted by molar-refractivity contribution is 0.627. The van der Waals surface area contributed by atoms with Gasteiger partial charge >= 0.3 is 0 Å². The van der Waals surface area contributed by atoms with Crippen molar-refractivity contribution in [2.75, 3.05) is 6.54 Å². The van der Waals surface area contributed by atoms with Gasteiger partial charge in [0.1, 0.15) is 0 Å². The average Bonchev–Trinajstić information content (AvgIpc) is 2.66. The summed E-state index contributed by atoms with van der Waals surface area (Å²) in [4.78, 5) is 4.20. The van der Waals surface area contributed by atoms with E-state index in [0.29, 0.717) is 4.34 Å². The molecule has 0 aliphatic carbocycles. The van der Waals surface area contributed by atoms with Crippen molar-refractivity contribution >= 4 is 34.5 Å². The first-order valence-corrected chi connectivity index (χ1v) is 7.29. The van der Waals surface area contributed by atoms with E-state index in [1.54, 1.807) is 6.20 Å². The number of nitrogens with one attached hydrogen (secondary N) is 1. The van der Waals surface area contributed by atoms with Gasteiger partial charge in [-0.1, -0.05) is 30.1 Å². The number of halogens is 2. The standard InChI is InChI=1S/C13H14Cl2N2S/c1-3-17-12(9-6-11(14)18-13(9)15)10-7-16-5-4-8(10)2/h4-7,12,17H,3H2,1-2H3. The molecule has 2 rings (SSSR count). The van der Waals surface area contributed by atoms with Gasteiger partial charge in [0.05, 0.1) is 14.7 Å². The van der Waals surface area contributed by atoms with Gasteiger partial charge in [-0.25, -0.2) is 0 Å². The summed E-state index contributed by atoms with van der Waals surface area (Å²) >= 11 is 13.7. The van der Waals surface area contributed by atoms with Crippen LogP contribution in [0.15, 0.2) is 24.5 Å². The number of rotatable bonds is 4. The van der Waals surface area contributed by atoms with E-state index < -0.39 is 0 Å². The summed E-state index contributed by atoms with van der Waals surface area (Å²) < 4.78 is 1.44. The first kappa shape index (κ1) is 13.8. The first-order chi connectivity index (χ1) is 8.63. The highest BCUT2D eigenvalue weighted by Crippen LogP contribution is 2.37. The van der Waals surface area contributed by atoms with Crippen molar-refractivity contribution in [3.05, 3.63) is 49.9 Å². The first-order valence-electron chi connectivity index (χ1n) is 5.72. The van der Waals surface area contributed by atoms with E-state index in [4.69, 9.17) is 23.2 Å². The Morgan fingerprint density at radius 2 is 2.17 bits per heavy atom. The second-order valence-corrected chi connectivity index (χ2v) is 6.29. The quantitative estimate of drug-likeness (QED) is 0.902. The van der Waals surface area contributed by atoms with Crippen LogP contribution in [-0.2, 0) is 0 Å². The molecule has 0 bridgehead atoms. The number of nitrogens with zero attached hydrogens (tertiary/aromatic N) is 1. The fourth-order valence-electron chi connectivity index (χ4n) is 1.92. The third-order valence-electron chi connectivity index (χ3n) is 2.79. The Morgan fingerprint density at radius 1 is 1.39 bits per heavy atom. The van der Waals surface area contributed by atoms with E-state index in [1.807, 2.05) is 18.3 Å². The molecular weight excluding hydrogens is 287 g/mol. The lowest BCUT2D eigenvalue weighted by Crippen LogP contribution is -2.22. The highest BCUT2D eigenvalue weighted by Gasteiger charge is 2.20. The lowest BCUT2D eigenvalue weighted by atomic mass is 9.99. The van der Waals surface area contributed by atoms with Crippen molar-refractivity contribution in [3.63, 3.8) is 0 Å². The maximum atomic E-state index is 6.25. The molecule has 2 nitrogen and oxygen atoms in total. The zero-order chi connectivity index (χ0) is 13.1. The summed E-state index contributed by atoms with van der Waals surface area (Å²) in [5, 5.41) is 3.43. The maximum Gasteiger partial charge on any atom is 0.0995 e. The van der Waals surface area contributed by atoms with E-state index in [1.165, 1.54) is 16.9 Å². The van der Waals surface area contributed by atoms with Crippen molar-refractivity contribution in [1.29, 1.82) is 0 Å². The lowest BCUT2D eigenvalue weighted by Gasteiger charge is -2.19. The molecule has 0 fully saturated rings. The summed E-state index contributed by atoms with van der Waals surface area (Å²) in [6.07, 6.45) is 3.68. The van der Waals surface area contributed by atoms with Crippen LogP contribution in [0.2, 0.25) is 8.67 Å². The van der Waals surface area contributed by atoms with Crippen LogP contribution in [0.25, 0.3) is 0 Å². The molecule has 0 aliphatic heterocycles. The highest BCUT2D eigenvalue weighted by molar-refractivity contribution is 7.20. The molecule has 2 heterocycles. The molecule has 5 heteroatoms. The van der Waals surface area contributed by atoms with Crippen molar-refractivity contribution in [3.8, 4) is 0 Å². The molecule has 0 saturated carbocycles. The topological polar surface area (TPSA) is 24.9 Å². The van der Waals surface area contributed by atoms with Crippen molar-refractivity contribution in [2.24, 2.45) is 0 Å². The molecule has 0 amide bonds. The van der Waals surface area contributed by atoms with E-state index >= 15 is 0 Å². The minimum atomic E-state index is 0.0416. The maximum absolute atomic E-state index is 6.25. The normalized spacial score (nSPS) is 12.7. The minimum absolute atomic E-state index is 0.0416. The van der Waals surface area contributed by atoms with E-state index in [0.717, 1.165) is 22.0 Å². The number of hydrogen-bond acceptors (Lipinski definition) is 3. The summed E-state index contributed by atoms with van der Waals surface area (Å²) in [7, 11) is 0. The Hall–Kier alpha value is -0.610. The molecule has 0 aromatic carbocycles. The van der Waals surface area contributed by atoms with Crippen LogP contribution in [0.5, 0.6) is 0 Å². The molecule has 2 aromatic rings. The summed E-state index contributed by atoms with van der Waals surface area (Å²) in [6.45, 7) is 4.99. The van der Waals surface area contributed by atoms with Gasteiger partial charge in [-0.3, -0.25) is 4.98 Å². The molecule has 18 heavy (non-hydrogen) atoms. The molecule has 0 aliphatic rings. The molecule has 0 spiro atoms. The van der Waals surface area contributed by atoms with Gasteiger partial charge in [0.25, 0.3) is 0 Å². The Kier molecular flexibility index (Phi) is 4.62. The second kappa shape index (κ2) is 6.02. The van der Waals surface area contributed by atoms with Crippen LogP contribution in [-0.4, -0.2) is 11.5 Å². The zero-order valence-electron chi connectivity index (χ0n) is 10.2. The minimum Gasteiger partial charge on any atom is -0.306 e. The molecule has 0 radical (unpaired) electrons. The van der Waals surface area contributed by atoms with Gasteiger partial charge in [0.15, 0.2) is 0 Å². The van der Waals surface area contributed by atoms with Gasteiger partial charge < -0.3 is 5.32 Å². The molecule has 0 saturated heterocycles. The molecule has 1 atom stereocenters. The van der Waals surface area contributed by atoms with Crippen molar-refractivity contribution in [1.82, 2.24) is 10.3 Å². The van der Waals surface area contributed by atoms with Crippen LogP contribution in [0, 0.1) is 6.92 Å². The monoisotopic (exact) mass is 300 g/mol. The summed E-state index contributed by atoms with van der Waals surface area (Å²) in [5.41, 5.74) is 3.34. The van der Waals surface area contributed by atoms with Crippen molar-refractivity contribution in [2.45, 2.75) is 19.9 Å². The molecule has 1 unspecified atom stereocenters. The fraction of sp³-hybridized carbons (Fsp3) is 0.308. The highest BCUT2D eigenvalue weighted by atomic mass is 35.5. The number of pyridine rings is 1. The fourth-order valence-corrected chi connectivity index (χ4v) is 3.45. The Labute approximate surface area is 121 Å². The van der Waals surface area contributed by atoms with Gasteiger partial charge in [0, 0.05) is 18.0 Å². The van der Waals surface area contributed by atoms with Gasteiger partial charge in [-0.2, -0.15) is 0 Å².